The maximum atomic E-state index is 12.7. The molecule has 123 heavy (non-hydrogen) atoms. The average Bonchev–Trinajstić information content (AvgIpc) is 0.792. The van der Waals surface area contributed by atoms with Crippen molar-refractivity contribution in [2.24, 2.45) is 0 Å². The van der Waals surface area contributed by atoms with Gasteiger partial charge in [0, 0.05) is 77.6 Å². The number of likely N-dealkylation sites (N-methyl/N-ethyl adjacent to an activating group) is 1. The highest BCUT2D eigenvalue weighted by atomic mass is 16.2. The van der Waals surface area contributed by atoms with Crippen molar-refractivity contribution >= 4 is 23.6 Å². The number of benzene rings is 6. The van der Waals surface area contributed by atoms with Gasteiger partial charge in [-0.1, -0.05) is 36.4 Å². The molecule has 0 bridgehead atoms. The number of carbonyl (C=O) groups is 4. The normalized spacial score (nSPS) is 23.3. The maximum Gasteiger partial charge on any atom is 0.255 e. The van der Waals surface area contributed by atoms with Gasteiger partial charge in [0.25, 0.3) is 11.8 Å². The monoisotopic (exact) mass is 1630 g/mol. The first-order chi connectivity index (χ1) is 60.0. The van der Waals surface area contributed by atoms with Gasteiger partial charge in [-0.2, -0.15) is 31.6 Å². The summed E-state index contributed by atoms with van der Waals surface area (Å²) in [5, 5.41) is 68.0. The Labute approximate surface area is 710 Å². The SMILES string of the molecule is CN1C(=O)Cc2cc(C#N)ccc2C12CCCn1cncc12.CN1C(=O)c2cc(C#N)ccc2C12CCCn1cncc12.N#Cc1ccc2c(c1)C(=O)NC21CCCn2cncc21.N#Cc1ccc2c(c1)CC(=O)NC21CCCn2cncc21.N#Cc1ccc2c(c1)CCNC21CCCn2cncc21.N#Cc1ccc2c(c1)CNC21CCCn2cncc21. The van der Waals surface area contributed by atoms with Crippen molar-refractivity contribution in [3.63, 3.8) is 0 Å². The fraction of sp³-hybridized carbons (Fsp3) is 0.326. The number of nitrogens with zero attached hydrogens (tertiary/aromatic N) is 20. The molecule has 6 aromatic heterocycles. The topological polar surface area (TPSA) is 373 Å². The first-order valence-electron chi connectivity index (χ1n) is 41.9. The zero-order valence-electron chi connectivity index (χ0n) is 68.2. The van der Waals surface area contributed by atoms with Crippen LogP contribution >= 0.6 is 0 Å². The van der Waals surface area contributed by atoms with Crippen LogP contribution < -0.4 is 21.3 Å². The van der Waals surface area contributed by atoms with E-state index in [0.29, 0.717) is 46.2 Å². The van der Waals surface area contributed by atoms with E-state index < -0.39 is 22.2 Å². The zero-order valence-corrected chi connectivity index (χ0v) is 68.2. The van der Waals surface area contributed by atoms with Crippen molar-refractivity contribution in [2.75, 3.05) is 20.6 Å². The van der Waals surface area contributed by atoms with E-state index in [0.717, 1.165) is 203 Å². The molecular formula is C95H86N24O4. The number of amides is 4. The summed E-state index contributed by atoms with van der Waals surface area (Å²) in [7, 11) is 3.73. The van der Waals surface area contributed by atoms with E-state index in [1.165, 1.54) is 33.6 Å². The van der Waals surface area contributed by atoms with Gasteiger partial charge in [-0.05, 0) is 212 Å². The van der Waals surface area contributed by atoms with Crippen LogP contribution in [0.25, 0.3) is 0 Å². The predicted octanol–water partition coefficient (Wildman–Crippen LogP) is 10.5. The summed E-state index contributed by atoms with van der Waals surface area (Å²) in [6.45, 7) is 7.60. The summed E-state index contributed by atoms with van der Waals surface area (Å²) in [6, 6.07) is 47.3. The second-order valence-electron chi connectivity index (χ2n) is 33.7. The molecule has 28 nitrogen and oxygen atoms in total. The summed E-state index contributed by atoms with van der Waals surface area (Å²) < 4.78 is 13.0. The first kappa shape index (κ1) is 78.2. The Balaban J connectivity index is 0.0000000970. The molecule has 12 aromatic rings. The summed E-state index contributed by atoms with van der Waals surface area (Å²) in [5.74, 6) is -0.0204. The highest BCUT2D eigenvalue weighted by Crippen LogP contribution is 2.52. The van der Waals surface area contributed by atoms with Crippen LogP contribution in [-0.2, 0) is 108 Å². The number of imidazole rings is 6. The Bertz CT molecular complexity index is 6600. The second kappa shape index (κ2) is 30.8. The van der Waals surface area contributed by atoms with Gasteiger partial charge >= 0.3 is 0 Å². The second-order valence-corrected chi connectivity index (χ2v) is 33.7. The van der Waals surface area contributed by atoms with Gasteiger partial charge < -0.3 is 53.2 Å². The Hall–Kier alpha value is -14.7. The molecule has 0 saturated heterocycles. The van der Waals surface area contributed by atoms with E-state index in [4.69, 9.17) is 31.6 Å². The molecule has 28 heteroatoms. The molecule has 610 valence electrons. The number of nitrogens with one attached hydrogen (secondary N) is 4. The Kier molecular flexibility index (Phi) is 19.6. The fourth-order valence-electron chi connectivity index (χ4n) is 22.1. The molecule has 4 amide bonds. The lowest BCUT2D eigenvalue weighted by Crippen LogP contribution is -2.54. The van der Waals surface area contributed by atoms with Crippen LogP contribution in [0.5, 0.6) is 0 Å². The van der Waals surface area contributed by atoms with E-state index in [1.54, 1.807) is 24.3 Å². The van der Waals surface area contributed by atoms with E-state index in [9.17, 15) is 19.2 Å². The third-order valence-electron chi connectivity index (χ3n) is 27.6. The zero-order chi connectivity index (χ0) is 84.6. The van der Waals surface area contributed by atoms with Crippen LogP contribution in [0.2, 0.25) is 0 Å². The van der Waals surface area contributed by atoms with Gasteiger partial charge in [0.05, 0.1) is 203 Å². The number of hydrogen-bond donors (Lipinski definition) is 4. The maximum absolute atomic E-state index is 12.7. The standard InChI is InChI=1S/C17H16N4O.2C16H14N4O.C16H16N4.C15H12N4O.C15H14N4/c1-20-16(22)8-13-7-12(9-18)3-4-14(13)17(20)5-2-6-21-11-19-10-15(17)21;1-19-15(21)12-7-11(8-17)3-4-13(12)16(19)5-2-6-20-10-18-9-14(16)20;17-8-11-2-3-13-12(6-11)7-15(21)19-16(13)4-1-5-20-10-18-9-14(16)20;17-9-12-2-3-14-13(8-12)4-6-19-16(14)5-1-7-20-11-18-10-15(16)20;16-7-10-2-3-12-11(6-10)14(20)18-15(12)4-1-5-19-9-17-8-13(15)19;16-7-11-2-3-13-12(6-11)8-18-15(13)4-1-5-19-10-17-9-14(15)19/h3-4,7,10-11H,2,5-6,8H2,1H3;3-4,7,9-10H,2,5-6H2,1H3;2-3,6,9-10H,1,4-5,7H2,(H,19,21);2-3,8,10-11,19H,1,4-7H2;2-3,6,8-9H,1,4-5H2,(H,18,20);2-3,6,9-10,18H,1,4-5,8H2. The number of hydrogen-bond acceptors (Lipinski definition) is 18. The molecule has 24 rings (SSSR count). The van der Waals surface area contributed by atoms with Gasteiger partial charge in [0.15, 0.2) is 0 Å². The number of nitriles is 6. The van der Waals surface area contributed by atoms with Crippen molar-refractivity contribution in [1.82, 2.24) is 88.4 Å². The Morgan fingerprint density at radius 3 is 1.18 bits per heavy atom. The number of rotatable bonds is 0. The van der Waals surface area contributed by atoms with Crippen LogP contribution in [0.15, 0.2) is 184 Å². The van der Waals surface area contributed by atoms with E-state index in [-0.39, 0.29) is 34.7 Å². The van der Waals surface area contributed by atoms with Crippen molar-refractivity contribution in [2.45, 2.75) is 175 Å². The number of fused-ring (bicyclic) bond motifs is 24. The van der Waals surface area contributed by atoms with Crippen molar-refractivity contribution in [3.05, 3.63) is 319 Å². The molecule has 0 aliphatic carbocycles. The third kappa shape index (κ3) is 12.5. The fourth-order valence-corrected chi connectivity index (χ4v) is 22.1. The minimum atomic E-state index is -0.493. The minimum Gasteiger partial charge on any atom is -0.341 e. The molecule has 0 saturated carbocycles. The largest absolute Gasteiger partial charge is 0.341 e. The van der Waals surface area contributed by atoms with Crippen molar-refractivity contribution in [3.8, 4) is 36.4 Å². The summed E-state index contributed by atoms with van der Waals surface area (Å²) in [5.41, 5.74) is 20.9. The predicted molar refractivity (Wildman–Crippen MR) is 447 cm³/mol. The van der Waals surface area contributed by atoms with Gasteiger partial charge in [0.2, 0.25) is 11.8 Å². The van der Waals surface area contributed by atoms with E-state index >= 15 is 0 Å². The first-order valence-corrected chi connectivity index (χ1v) is 41.9. The van der Waals surface area contributed by atoms with Crippen LogP contribution in [0.1, 0.15) is 221 Å². The Morgan fingerprint density at radius 2 is 0.691 bits per heavy atom. The van der Waals surface area contributed by atoms with Crippen molar-refractivity contribution < 1.29 is 19.2 Å². The molecule has 4 N–H and O–H groups in total. The highest BCUT2D eigenvalue weighted by Gasteiger charge is 2.54. The van der Waals surface area contributed by atoms with Gasteiger partial charge in [-0.15, -0.1) is 0 Å². The summed E-state index contributed by atoms with van der Waals surface area (Å²) in [4.78, 5) is 79.0. The molecule has 12 aliphatic rings. The molecule has 6 spiro atoms. The molecule has 0 fully saturated rings. The van der Waals surface area contributed by atoms with Gasteiger partial charge in [0.1, 0.15) is 22.2 Å². The molecule has 12 aliphatic heterocycles. The Morgan fingerprint density at radius 1 is 0.341 bits per heavy atom. The molecule has 18 heterocycles. The minimum absolute atomic E-state index is 0.00670. The number of carbonyl (C=O) groups excluding carboxylic acids is 4. The smallest absolute Gasteiger partial charge is 0.255 e. The summed E-state index contributed by atoms with van der Waals surface area (Å²) in [6.07, 6.45) is 36.1. The third-order valence-corrected chi connectivity index (χ3v) is 27.6. The quantitative estimate of drug-likeness (QED) is 0.110. The van der Waals surface area contributed by atoms with E-state index in [2.05, 4.69) is 127 Å². The van der Waals surface area contributed by atoms with Gasteiger partial charge in [-0.25, -0.2) is 29.9 Å². The lowest BCUT2D eigenvalue weighted by Gasteiger charge is -2.48. The number of aryl methyl sites for hydroxylation is 6. The lowest BCUT2D eigenvalue weighted by atomic mass is 9.73. The highest BCUT2D eigenvalue weighted by molar-refractivity contribution is 6.02. The van der Waals surface area contributed by atoms with Crippen LogP contribution in [-0.4, -0.2) is 111 Å². The molecule has 6 atom stereocenters. The summed E-state index contributed by atoms with van der Waals surface area (Å²) >= 11 is 0. The van der Waals surface area contributed by atoms with Gasteiger partial charge in [-0.3, -0.25) is 24.5 Å². The van der Waals surface area contributed by atoms with Crippen LogP contribution in [0.3, 0.4) is 0 Å². The molecule has 6 unspecified atom stereocenters. The molecule has 0 radical (unpaired) electrons. The molecule has 6 aromatic carbocycles. The number of aromatic nitrogens is 12. The van der Waals surface area contributed by atoms with Crippen molar-refractivity contribution in [1.29, 1.82) is 31.6 Å². The average molecular weight is 1630 g/mol. The lowest BCUT2D eigenvalue weighted by molar-refractivity contribution is -0.136. The van der Waals surface area contributed by atoms with Crippen LogP contribution in [0, 0.1) is 68.0 Å². The van der Waals surface area contributed by atoms with Crippen LogP contribution in [0.4, 0.5) is 0 Å². The molecular weight excluding hydrogens is 1540 g/mol. The van der Waals surface area contributed by atoms with E-state index in [1.807, 2.05) is 172 Å².